The van der Waals surface area contributed by atoms with Crippen molar-refractivity contribution >= 4 is 5.91 Å². The van der Waals surface area contributed by atoms with Gasteiger partial charge in [0.2, 0.25) is 0 Å². The van der Waals surface area contributed by atoms with Crippen molar-refractivity contribution in [2.24, 2.45) is 0 Å². The van der Waals surface area contributed by atoms with Crippen LogP contribution in [0.1, 0.15) is 27.9 Å². The molecule has 1 amide bonds. The standard InChI is InChI=1S/C20H23FN2O/c1-16-3-5-17(6-4-16)15-22-11-2-12-23(14-13-22)20(24)18-7-9-19(21)10-8-18/h3-10H,2,11-15H2,1H3. The molecule has 0 spiro atoms. The number of aryl methyl sites for hydroxylation is 1. The summed E-state index contributed by atoms with van der Waals surface area (Å²) in [6, 6.07) is 14.4. The van der Waals surface area contributed by atoms with Crippen LogP contribution in [0.3, 0.4) is 0 Å². The molecule has 2 aromatic carbocycles. The summed E-state index contributed by atoms with van der Waals surface area (Å²) in [5.74, 6) is -0.320. The van der Waals surface area contributed by atoms with Gasteiger partial charge in [-0.05, 0) is 43.2 Å². The summed E-state index contributed by atoms with van der Waals surface area (Å²) in [5, 5.41) is 0. The Morgan fingerprint density at radius 3 is 2.38 bits per heavy atom. The predicted molar refractivity (Wildman–Crippen MR) is 93.4 cm³/mol. The van der Waals surface area contributed by atoms with Crippen molar-refractivity contribution in [3.63, 3.8) is 0 Å². The molecule has 1 heterocycles. The van der Waals surface area contributed by atoms with Crippen molar-refractivity contribution in [3.05, 3.63) is 71.0 Å². The van der Waals surface area contributed by atoms with E-state index in [4.69, 9.17) is 0 Å². The van der Waals surface area contributed by atoms with Gasteiger partial charge >= 0.3 is 0 Å². The Bertz CT molecular complexity index is 682. The molecule has 0 aliphatic carbocycles. The van der Waals surface area contributed by atoms with E-state index in [1.807, 2.05) is 4.90 Å². The topological polar surface area (TPSA) is 23.6 Å². The van der Waals surface area contributed by atoms with E-state index in [9.17, 15) is 9.18 Å². The molecular formula is C20H23FN2O. The number of nitrogens with zero attached hydrogens (tertiary/aromatic N) is 2. The molecule has 3 nitrogen and oxygen atoms in total. The quantitative estimate of drug-likeness (QED) is 0.862. The van der Waals surface area contributed by atoms with Crippen LogP contribution in [-0.4, -0.2) is 41.9 Å². The molecule has 0 atom stereocenters. The smallest absolute Gasteiger partial charge is 0.253 e. The van der Waals surface area contributed by atoms with Crippen LogP contribution in [0.25, 0.3) is 0 Å². The summed E-state index contributed by atoms with van der Waals surface area (Å²) in [5.41, 5.74) is 3.13. The van der Waals surface area contributed by atoms with Crippen LogP contribution in [-0.2, 0) is 6.54 Å². The zero-order valence-corrected chi connectivity index (χ0v) is 14.0. The van der Waals surface area contributed by atoms with Gasteiger partial charge in [-0.15, -0.1) is 0 Å². The summed E-state index contributed by atoms with van der Waals surface area (Å²) < 4.78 is 13.0. The molecule has 2 aromatic rings. The van der Waals surface area contributed by atoms with E-state index in [-0.39, 0.29) is 11.7 Å². The molecule has 3 rings (SSSR count). The molecule has 4 heteroatoms. The maximum absolute atomic E-state index is 13.0. The molecule has 1 aliphatic rings. The fourth-order valence-corrected chi connectivity index (χ4v) is 3.06. The molecular weight excluding hydrogens is 303 g/mol. The van der Waals surface area contributed by atoms with E-state index in [0.29, 0.717) is 12.1 Å². The Labute approximate surface area is 142 Å². The monoisotopic (exact) mass is 326 g/mol. The number of halogens is 1. The third kappa shape index (κ3) is 4.20. The predicted octanol–water partition coefficient (Wildman–Crippen LogP) is 3.48. The number of rotatable bonds is 3. The van der Waals surface area contributed by atoms with Gasteiger partial charge in [-0.3, -0.25) is 9.69 Å². The zero-order chi connectivity index (χ0) is 16.9. The molecule has 24 heavy (non-hydrogen) atoms. The van der Waals surface area contributed by atoms with Crippen LogP contribution in [0, 0.1) is 12.7 Å². The van der Waals surface area contributed by atoms with E-state index < -0.39 is 0 Å². The fraction of sp³-hybridized carbons (Fsp3) is 0.350. The summed E-state index contributed by atoms with van der Waals surface area (Å²) in [4.78, 5) is 16.8. The molecule has 1 saturated heterocycles. The van der Waals surface area contributed by atoms with E-state index in [0.717, 1.165) is 32.6 Å². The highest BCUT2D eigenvalue weighted by molar-refractivity contribution is 5.94. The lowest BCUT2D eigenvalue weighted by atomic mass is 10.1. The van der Waals surface area contributed by atoms with E-state index in [2.05, 4.69) is 36.1 Å². The van der Waals surface area contributed by atoms with Crippen molar-refractivity contribution in [2.75, 3.05) is 26.2 Å². The summed E-state index contributed by atoms with van der Waals surface area (Å²) in [6.45, 7) is 6.32. The van der Waals surface area contributed by atoms with Crippen LogP contribution >= 0.6 is 0 Å². The first-order chi connectivity index (χ1) is 11.6. The maximum atomic E-state index is 13.0. The average molecular weight is 326 g/mol. The molecule has 126 valence electrons. The molecule has 0 radical (unpaired) electrons. The lowest BCUT2D eigenvalue weighted by molar-refractivity contribution is 0.0761. The number of carbonyl (C=O) groups is 1. The SMILES string of the molecule is Cc1ccc(CN2CCCN(C(=O)c3ccc(F)cc3)CC2)cc1. The maximum Gasteiger partial charge on any atom is 0.253 e. The molecule has 1 aliphatic heterocycles. The fourth-order valence-electron chi connectivity index (χ4n) is 3.06. The second-order valence-corrected chi connectivity index (χ2v) is 6.41. The van der Waals surface area contributed by atoms with Gasteiger partial charge in [0.05, 0.1) is 0 Å². The molecule has 0 bridgehead atoms. The Morgan fingerprint density at radius 2 is 1.67 bits per heavy atom. The molecule has 1 fully saturated rings. The van der Waals surface area contributed by atoms with Gasteiger partial charge in [0.25, 0.3) is 5.91 Å². The Balaban J connectivity index is 1.59. The number of hydrogen-bond acceptors (Lipinski definition) is 2. The second kappa shape index (κ2) is 7.58. The van der Waals surface area contributed by atoms with Gasteiger partial charge in [0.1, 0.15) is 5.82 Å². The minimum Gasteiger partial charge on any atom is -0.337 e. The van der Waals surface area contributed by atoms with Crippen molar-refractivity contribution in [1.82, 2.24) is 9.80 Å². The van der Waals surface area contributed by atoms with Crippen molar-refractivity contribution < 1.29 is 9.18 Å². The normalized spacial score (nSPS) is 16.0. The number of carbonyl (C=O) groups excluding carboxylic acids is 1. The summed E-state index contributed by atoms with van der Waals surface area (Å²) in [6.07, 6.45) is 0.957. The third-order valence-electron chi connectivity index (χ3n) is 4.49. The summed E-state index contributed by atoms with van der Waals surface area (Å²) in [7, 11) is 0. The lowest BCUT2D eigenvalue weighted by Gasteiger charge is -2.22. The first kappa shape index (κ1) is 16.7. The number of benzene rings is 2. The zero-order valence-electron chi connectivity index (χ0n) is 14.0. The van der Waals surface area contributed by atoms with Crippen LogP contribution in [0.5, 0.6) is 0 Å². The first-order valence-electron chi connectivity index (χ1n) is 8.44. The van der Waals surface area contributed by atoms with E-state index >= 15 is 0 Å². The summed E-state index contributed by atoms with van der Waals surface area (Å²) >= 11 is 0. The number of amides is 1. The first-order valence-corrected chi connectivity index (χ1v) is 8.44. The minimum absolute atomic E-state index is 0.00724. The molecule has 0 aromatic heterocycles. The van der Waals surface area contributed by atoms with Crippen LogP contribution in [0.4, 0.5) is 4.39 Å². The van der Waals surface area contributed by atoms with E-state index in [1.165, 1.54) is 23.3 Å². The Kier molecular flexibility index (Phi) is 5.26. The molecule has 0 N–H and O–H groups in total. The highest BCUT2D eigenvalue weighted by atomic mass is 19.1. The van der Waals surface area contributed by atoms with Gasteiger partial charge in [-0.25, -0.2) is 4.39 Å². The van der Waals surface area contributed by atoms with Gasteiger partial charge in [0, 0.05) is 38.3 Å². The third-order valence-corrected chi connectivity index (χ3v) is 4.49. The van der Waals surface area contributed by atoms with Crippen molar-refractivity contribution in [2.45, 2.75) is 19.9 Å². The van der Waals surface area contributed by atoms with Gasteiger partial charge in [0.15, 0.2) is 0 Å². The van der Waals surface area contributed by atoms with Gasteiger partial charge in [-0.1, -0.05) is 29.8 Å². The molecule has 0 unspecified atom stereocenters. The second-order valence-electron chi connectivity index (χ2n) is 6.41. The molecule has 0 saturated carbocycles. The van der Waals surface area contributed by atoms with E-state index in [1.54, 1.807) is 12.1 Å². The largest absolute Gasteiger partial charge is 0.337 e. The van der Waals surface area contributed by atoms with Crippen molar-refractivity contribution in [3.8, 4) is 0 Å². The van der Waals surface area contributed by atoms with Crippen LogP contribution < -0.4 is 0 Å². The van der Waals surface area contributed by atoms with Gasteiger partial charge in [-0.2, -0.15) is 0 Å². The highest BCUT2D eigenvalue weighted by Crippen LogP contribution is 2.13. The van der Waals surface area contributed by atoms with Crippen molar-refractivity contribution in [1.29, 1.82) is 0 Å². The lowest BCUT2D eigenvalue weighted by Crippen LogP contribution is -2.35. The Morgan fingerprint density at radius 1 is 0.958 bits per heavy atom. The Hall–Kier alpha value is -2.20. The number of hydrogen-bond donors (Lipinski definition) is 0. The average Bonchev–Trinajstić information content (AvgIpc) is 2.83. The van der Waals surface area contributed by atoms with Gasteiger partial charge < -0.3 is 4.90 Å². The van der Waals surface area contributed by atoms with Crippen LogP contribution in [0.2, 0.25) is 0 Å². The minimum atomic E-state index is -0.313. The highest BCUT2D eigenvalue weighted by Gasteiger charge is 2.20. The van der Waals surface area contributed by atoms with Crippen LogP contribution in [0.15, 0.2) is 48.5 Å².